The maximum atomic E-state index is 12.8. The lowest BCUT2D eigenvalue weighted by Gasteiger charge is -2.16. The molecule has 1 aromatic rings. The molecule has 1 N–H and O–H groups in total. The molecule has 1 saturated carbocycles. The molecule has 2 aliphatic rings. The average molecular weight is 204 g/mol. The Morgan fingerprint density at radius 1 is 1.27 bits per heavy atom. The zero-order chi connectivity index (χ0) is 10.3. The van der Waals surface area contributed by atoms with Gasteiger partial charge in [0, 0.05) is 11.6 Å². The van der Waals surface area contributed by atoms with Crippen molar-refractivity contribution in [2.45, 2.75) is 25.3 Å². The van der Waals surface area contributed by atoms with Gasteiger partial charge in [-0.15, -0.1) is 0 Å². The molecule has 3 rings (SSSR count). The number of hydrogen-bond acceptors (Lipinski definition) is 2. The van der Waals surface area contributed by atoms with E-state index >= 15 is 0 Å². The van der Waals surface area contributed by atoms with Crippen LogP contribution in [0.15, 0.2) is 29.4 Å². The molecule has 3 heteroatoms. The van der Waals surface area contributed by atoms with Crippen molar-refractivity contribution in [1.82, 2.24) is 5.43 Å². The Bertz CT molecular complexity index is 397. The van der Waals surface area contributed by atoms with Gasteiger partial charge in [-0.1, -0.05) is 12.1 Å². The molecule has 0 aromatic heterocycles. The Balaban J connectivity index is 1.87. The van der Waals surface area contributed by atoms with E-state index in [0.717, 1.165) is 12.0 Å². The summed E-state index contributed by atoms with van der Waals surface area (Å²) in [7, 11) is 0. The van der Waals surface area contributed by atoms with Gasteiger partial charge in [0.05, 0.1) is 6.04 Å². The quantitative estimate of drug-likeness (QED) is 0.747. The van der Waals surface area contributed by atoms with Gasteiger partial charge >= 0.3 is 0 Å². The van der Waals surface area contributed by atoms with Gasteiger partial charge in [0.25, 0.3) is 0 Å². The SMILES string of the molecule is Fc1ccc(C2NN=C3CCCC32)cc1. The summed E-state index contributed by atoms with van der Waals surface area (Å²) in [6.45, 7) is 0. The van der Waals surface area contributed by atoms with Gasteiger partial charge in [-0.3, -0.25) is 0 Å². The van der Waals surface area contributed by atoms with E-state index in [1.54, 1.807) is 0 Å². The number of benzene rings is 1. The maximum absolute atomic E-state index is 12.8. The number of halogens is 1. The van der Waals surface area contributed by atoms with Gasteiger partial charge < -0.3 is 5.43 Å². The van der Waals surface area contributed by atoms with Crippen LogP contribution in [0.1, 0.15) is 30.9 Å². The minimum atomic E-state index is -0.177. The molecule has 1 aliphatic heterocycles. The topological polar surface area (TPSA) is 24.4 Å². The van der Waals surface area contributed by atoms with Crippen molar-refractivity contribution >= 4 is 5.71 Å². The Morgan fingerprint density at radius 3 is 2.87 bits per heavy atom. The van der Waals surface area contributed by atoms with E-state index in [0.29, 0.717) is 5.92 Å². The number of hydrazone groups is 1. The molecule has 1 aliphatic carbocycles. The van der Waals surface area contributed by atoms with E-state index in [4.69, 9.17) is 0 Å². The number of rotatable bonds is 1. The third-order valence-electron chi connectivity index (χ3n) is 3.35. The van der Waals surface area contributed by atoms with Gasteiger partial charge in [-0.2, -0.15) is 5.10 Å². The van der Waals surface area contributed by atoms with Crippen LogP contribution in [0.2, 0.25) is 0 Å². The summed E-state index contributed by atoms with van der Waals surface area (Å²) in [5.41, 5.74) is 5.60. The molecule has 78 valence electrons. The van der Waals surface area contributed by atoms with Crippen molar-refractivity contribution in [1.29, 1.82) is 0 Å². The smallest absolute Gasteiger partial charge is 0.123 e. The Kier molecular flexibility index (Phi) is 1.97. The molecule has 0 saturated heterocycles. The first-order valence-corrected chi connectivity index (χ1v) is 5.42. The van der Waals surface area contributed by atoms with Crippen molar-refractivity contribution in [2.24, 2.45) is 11.0 Å². The van der Waals surface area contributed by atoms with Gasteiger partial charge in [-0.05, 0) is 37.0 Å². The van der Waals surface area contributed by atoms with Crippen LogP contribution in [0, 0.1) is 11.7 Å². The molecule has 1 heterocycles. The van der Waals surface area contributed by atoms with Gasteiger partial charge in [0.1, 0.15) is 5.82 Å². The summed E-state index contributed by atoms with van der Waals surface area (Å²) in [5, 5.41) is 4.35. The van der Waals surface area contributed by atoms with E-state index in [1.165, 1.54) is 30.7 Å². The summed E-state index contributed by atoms with van der Waals surface area (Å²) >= 11 is 0. The highest BCUT2D eigenvalue weighted by Gasteiger charge is 2.35. The summed E-state index contributed by atoms with van der Waals surface area (Å²) in [6.07, 6.45) is 3.56. The van der Waals surface area contributed by atoms with Crippen LogP contribution in [-0.2, 0) is 0 Å². The highest BCUT2D eigenvalue weighted by molar-refractivity contribution is 5.90. The Morgan fingerprint density at radius 2 is 2.07 bits per heavy atom. The number of fused-ring (bicyclic) bond motifs is 1. The van der Waals surface area contributed by atoms with Crippen molar-refractivity contribution in [3.05, 3.63) is 35.6 Å². The summed E-state index contributed by atoms with van der Waals surface area (Å²) in [4.78, 5) is 0. The highest BCUT2D eigenvalue weighted by Crippen LogP contribution is 2.37. The van der Waals surface area contributed by atoms with E-state index in [1.807, 2.05) is 12.1 Å². The predicted octanol–water partition coefficient (Wildman–Crippen LogP) is 2.63. The van der Waals surface area contributed by atoms with Gasteiger partial charge in [-0.25, -0.2) is 4.39 Å². The lowest BCUT2D eigenvalue weighted by atomic mass is 9.92. The third kappa shape index (κ3) is 1.42. The van der Waals surface area contributed by atoms with Crippen LogP contribution in [0.3, 0.4) is 0 Å². The van der Waals surface area contributed by atoms with Gasteiger partial charge in [0.15, 0.2) is 0 Å². The normalized spacial score (nSPS) is 28.5. The van der Waals surface area contributed by atoms with Gasteiger partial charge in [0.2, 0.25) is 0 Å². The molecule has 2 nitrogen and oxygen atoms in total. The summed E-state index contributed by atoms with van der Waals surface area (Å²) in [6, 6.07) is 7.00. The molecule has 0 spiro atoms. The van der Waals surface area contributed by atoms with Crippen LogP contribution < -0.4 is 5.43 Å². The third-order valence-corrected chi connectivity index (χ3v) is 3.35. The minimum Gasteiger partial charge on any atom is -0.302 e. The maximum Gasteiger partial charge on any atom is 0.123 e. The van der Waals surface area contributed by atoms with Crippen molar-refractivity contribution < 1.29 is 4.39 Å². The van der Waals surface area contributed by atoms with Crippen molar-refractivity contribution in [2.75, 3.05) is 0 Å². The van der Waals surface area contributed by atoms with Crippen LogP contribution in [0.4, 0.5) is 4.39 Å². The molecule has 0 amide bonds. The molecular weight excluding hydrogens is 191 g/mol. The fourth-order valence-corrected chi connectivity index (χ4v) is 2.57. The molecule has 0 radical (unpaired) electrons. The first-order valence-electron chi connectivity index (χ1n) is 5.42. The fraction of sp³-hybridized carbons (Fsp3) is 0.417. The first kappa shape index (κ1) is 8.89. The van der Waals surface area contributed by atoms with Crippen LogP contribution in [-0.4, -0.2) is 5.71 Å². The lowest BCUT2D eigenvalue weighted by Crippen LogP contribution is -2.18. The number of hydrogen-bond donors (Lipinski definition) is 1. The van der Waals surface area contributed by atoms with Crippen molar-refractivity contribution in [3.63, 3.8) is 0 Å². The standard InChI is InChI=1S/C12H13FN2/c13-9-6-4-8(5-7-9)12-10-2-1-3-11(10)14-15-12/h4-7,10,12,15H,1-3H2. The molecule has 1 fully saturated rings. The Labute approximate surface area is 88.2 Å². The van der Waals surface area contributed by atoms with Crippen molar-refractivity contribution in [3.8, 4) is 0 Å². The molecule has 0 bridgehead atoms. The van der Waals surface area contributed by atoms with Crippen LogP contribution in [0.5, 0.6) is 0 Å². The number of nitrogens with one attached hydrogen (secondary N) is 1. The molecule has 1 aromatic carbocycles. The highest BCUT2D eigenvalue weighted by atomic mass is 19.1. The molecule has 2 atom stereocenters. The van der Waals surface area contributed by atoms with Crippen LogP contribution in [0.25, 0.3) is 0 Å². The minimum absolute atomic E-state index is 0.177. The first-order chi connectivity index (χ1) is 7.34. The summed E-state index contributed by atoms with van der Waals surface area (Å²) in [5.74, 6) is 0.361. The van der Waals surface area contributed by atoms with E-state index in [-0.39, 0.29) is 11.9 Å². The molecular formula is C12H13FN2. The molecule has 2 unspecified atom stereocenters. The Hall–Kier alpha value is -1.38. The fourth-order valence-electron chi connectivity index (χ4n) is 2.57. The second kappa shape index (κ2) is 3.33. The van der Waals surface area contributed by atoms with Crippen LogP contribution >= 0.6 is 0 Å². The predicted molar refractivity (Wildman–Crippen MR) is 57.1 cm³/mol. The average Bonchev–Trinajstić information content (AvgIpc) is 2.80. The van der Waals surface area contributed by atoms with E-state index < -0.39 is 0 Å². The zero-order valence-corrected chi connectivity index (χ0v) is 8.41. The van der Waals surface area contributed by atoms with E-state index in [2.05, 4.69) is 10.5 Å². The number of nitrogens with zero attached hydrogens (tertiary/aromatic N) is 1. The van der Waals surface area contributed by atoms with E-state index in [9.17, 15) is 4.39 Å². The second-order valence-electron chi connectivity index (χ2n) is 4.26. The summed E-state index contributed by atoms with van der Waals surface area (Å²) < 4.78 is 12.8. The molecule has 15 heavy (non-hydrogen) atoms. The largest absolute Gasteiger partial charge is 0.302 e. The zero-order valence-electron chi connectivity index (χ0n) is 8.41. The second-order valence-corrected chi connectivity index (χ2v) is 4.26. The monoisotopic (exact) mass is 204 g/mol. The lowest BCUT2D eigenvalue weighted by molar-refractivity contribution is 0.481.